The van der Waals surface area contributed by atoms with Crippen molar-refractivity contribution < 1.29 is 9.90 Å². The molecule has 0 atom stereocenters. The van der Waals surface area contributed by atoms with E-state index in [1.165, 1.54) is 18.2 Å². The van der Waals surface area contributed by atoms with Gasteiger partial charge in [0.15, 0.2) is 0 Å². The number of amides is 1. The number of hydrogen-bond acceptors (Lipinski definition) is 3. The van der Waals surface area contributed by atoms with Crippen LogP contribution < -0.4 is 11.1 Å². The average molecular weight is 277 g/mol. The van der Waals surface area contributed by atoms with Gasteiger partial charge < -0.3 is 16.2 Å². The molecule has 4 nitrogen and oxygen atoms in total. The number of benzene rings is 2. The van der Waals surface area contributed by atoms with Gasteiger partial charge in [-0.25, -0.2) is 0 Å². The zero-order chi connectivity index (χ0) is 13.8. The first-order valence-corrected chi connectivity index (χ1v) is 6.05. The van der Waals surface area contributed by atoms with Gasteiger partial charge in [-0.2, -0.15) is 0 Å². The average Bonchev–Trinajstić information content (AvgIpc) is 2.39. The van der Waals surface area contributed by atoms with Gasteiger partial charge in [0.25, 0.3) is 5.91 Å². The molecule has 0 aliphatic rings. The normalized spacial score (nSPS) is 10.2. The number of rotatable bonds is 3. The quantitative estimate of drug-likeness (QED) is 0.596. The summed E-state index contributed by atoms with van der Waals surface area (Å²) >= 11 is 5.86. The van der Waals surface area contributed by atoms with Crippen molar-refractivity contribution in [3.8, 4) is 5.75 Å². The molecule has 0 bridgehead atoms. The molecule has 0 fully saturated rings. The molecule has 2 aromatic carbocycles. The van der Waals surface area contributed by atoms with Gasteiger partial charge in [0.2, 0.25) is 0 Å². The van der Waals surface area contributed by atoms with Crippen LogP contribution in [0.5, 0.6) is 5.75 Å². The van der Waals surface area contributed by atoms with Crippen LogP contribution in [-0.4, -0.2) is 11.0 Å². The van der Waals surface area contributed by atoms with Crippen molar-refractivity contribution >= 4 is 23.2 Å². The van der Waals surface area contributed by atoms with E-state index in [0.717, 1.165) is 5.56 Å². The predicted octanol–water partition coefficient (Wildman–Crippen LogP) is 2.56. The van der Waals surface area contributed by atoms with Crippen LogP contribution in [0.25, 0.3) is 0 Å². The van der Waals surface area contributed by atoms with Crippen LogP contribution in [0.15, 0.2) is 42.5 Å². The molecule has 0 aromatic heterocycles. The summed E-state index contributed by atoms with van der Waals surface area (Å²) in [5.41, 5.74) is 7.15. The van der Waals surface area contributed by atoms with Crippen molar-refractivity contribution in [1.82, 2.24) is 5.32 Å². The Bertz CT molecular complexity index is 614. The van der Waals surface area contributed by atoms with Crippen molar-refractivity contribution in [1.29, 1.82) is 0 Å². The molecule has 1 amide bonds. The molecule has 5 heteroatoms. The lowest BCUT2D eigenvalue weighted by molar-refractivity contribution is 0.0951. The first kappa shape index (κ1) is 13.2. The summed E-state index contributed by atoms with van der Waals surface area (Å²) in [6, 6.07) is 11.5. The summed E-state index contributed by atoms with van der Waals surface area (Å²) in [6.45, 7) is 0.342. The van der Waals surface area contributed by atoms with Gasteiger partial charge in [-0.05, 0) is 35.9 Å². The lowest BCUT2D eigenvalue weighted by atomic mass is 10.1. The van der Waals surface area contributed by atoms with Crippen LogP contribution in [0.4, 0.5) is 5.69 Å². The van der Waals surface area contributed by atoms with Crippen LogP contribution in [0.1, 0.15) is 15.9 Å². The van der Waals surface area contributed by atoms with E-state index in [9.17, 15) is 9.90 Å². The number of nitrogen functional groups attached to an aromatic ring is 1. The minimum atomic E-state index is -0.339. The molecule has 0 saturated heterocycles. The van der Waals surface area contributed by atoms with E-state index in [1.54, 1.807) is 12.1 Å². The molecular formula is C14H13ClN2O2. The molecular weight excluding hydrogens is 264 g/mol. The maximum atomic E-state index is 11.9. The maximum Gasteiger partial charge on any atom is 0.253 e. The second-order valence-corrected chi connectivity index (χ2v) is 4.52. The highest BCUT2D eigenvalue weighted by Gasteiger charge is 2.10. The fourth-order valence-corrected chi connectivity index (χ4v) is 1.88. The number of hydrogen-bond donors (Lipinski definition) is 3. The van der Waals surface area contributed by atoms with Gasteiger partial charge >= 0.3 is 0 Å². The first-order valence-electron chi connectivity index (χ1n) is 5.67. The minimum absolute atomic E-state index is 0.00195. The molecule has 98 valence electrons. The van der Waals surface area contributed by atoms with Gasteiger partial charge in [-0.3, -0.25) is 4.79 Å². The fraction of sp³-hybridized carbons (Fsp3) is 0.0714. The largest absolute Gasteiger partial charge is 0.508 e. The monoisotopic (exact) mass is 276 g/mol. The number of halogens is 1. The zero-order valence-corrected chi connectivity index (χ0v) is 10.8. The molecule has 0 saturated carbocycles. The fourth-order valence-electron chi connectivity index (χ4n) is 1.67. The van der Waals surface area contributed by atoms with E-state index >= 15 is 0 Å². The molecule has 2 rings (SSSR count). The Morgan fingerprint density at radius 2 is 2.05 bits per heavy atom. The molecule has 0 radical (unpaired) electrons. The number of phenolic OH excluding ortho intramolecular Hbond substituents is 1. The van der Waals surface area contributed by atoms with E-state index in [1.807, 2.05) is 12.1 Å². The highest BCUT2D eigenvalue weighted by Crippen LogP contribution is 2.18. The molecule has 0 heterocycles. The Kier molecular flexibility index (Phi) is 3.92. The Morgan fingerprint density at radius 1 is 1.26 bits per heavy atom. The smallest absolute Gasteiger partial charge is 0.253 e. The van der Waals surface area contributed by atoms with Crippen molar-refractivity contribution in [2.45, 2.75) is 6.54 Å². The minimum Gasteiger partial charge on any atom is -0.508 e. The summed E-state index contributed by atoms with van der Waals surface area (Å²) in [5, 5.41) is 12.7. The second kappa shape index (κ2) is 5.63. The van der Waals surface area contributed by atoms with E-state index in [0.29, 0.717) is 17.3 Å². The molecule has 19 heavy (non-hydrogen) atoms. The Morgan fingerprint density at radius 3 is 2.79 bits per heavy atom. The highest BCUT2D eigenvalue weighted by atomic mass is 35.5. The van der Waals surface area contributed by atoms with Gasteiger partial charge in [0.05, 0.1) is 5.56 Å². The summed E-state index contributed by atoms with van der Waals surface area (Å²) < 4.78 is 0. The predicted molar refractivity (Wildman–Crippen MR) is 75.1 cm³/mol. The maximum absolute atomic E-state index is 11.9. The van der Waals surface area contributed by atoms with Gasteiger partial charge in [-0.15, -0.1) is 0 Å². The number of anilines is 1. The highest BCUT2D eigenvalue weighted by molar-refractivity contribution is 6.30. The van der Waals surface area contributed by atoms with Crippen LogP contribution in [0.3, 0.4) is 0 Å². The topological polar surface area (TPSA) is 75.3 Å². The second-order valence-electron chi connectivity index (χ2n) is 4.08. The molecule has 2 aromatic rings. The van der Waals surface area contributed by atoms with Gasteiger partial charge in [0, 0.05) is 17.3 Å². The SMILES string of the molecule is Nc1ccc(O)cc1C(=O)NCc1cccc(Cl)c1. The Hall–Kier alpha value is -2.20. The van der Waals surface area contributed by atoms with E-state index in [-0.39, 0.29) is 17.2 Å². The van der Waals surface area contributed by atoms with E-state index in [4.69, 9.17) is 17.3 Å². The van der Waals surface area contributed by atoms with Crippen LogP contribution >= 0.6 is 11.6 Å². The number of nitrogens with one attached hydrogen (secondary N) is 1. The Labute approximate surface area is 115 Å². The molecule has 0 spiro atoms. The molecule has 4 N–H and O–H groups in total. The summed E-state index contributed by atoms with van der Waals surface area (Å²) in [4.78, 5) is 11.9. The van der Waals surface area contributed by atoms with Crippen molar-refractivity contribution in [3.63, 3.8) is 0 Å². The van der Waals surface area contributed by atoms with E-state index < -0.39 is 0 Å². The summed E-state index contributed by atoms with van der Waals surface area (Å²) in [6.07, 6.45) is 0. The van der Waals surface area contributed by atoms with Crippen LogP contribution in [0.2, 0.25) is 5.02 Å². The number of carbonyl (C=O) groups excluding carboxylic acids is 1. The van der Waals surface area contributed by atoms with Crippen molar-refractivity contribution in [3.05, 3.63) is 58.6 Å². The van der Waals surface area contributed by atoms with Crippen molar-refractivity contribution in [2.75, 3.05) is 5.73 Å². The Balaban J connectivity index is 2.07. The van der Waals surface area contributed by atoms with Crippen LogP contribution in [0, 0.1) is 0 Å². The van der Waals surface area contributed by atoms with Gasteiger partial charge in [-0.1, -0.05) is 23.7 Å². The number of carbonyl (C=O) groups is 1. The van der Waals surface area contributed by atoms with Gasteiger partial charge in [0.1, 0.15) is 5.75 Å². The third-order valence-corrected chi connectivity index (χ3v) is 2.86. The number of aromatic hydroxyl groups is 1. The summed E-state index contributed by atoms with van der Waals surface area (Å²) in [7, 11) is 0. The third-order valence-electron chi connectivity index (χ3n) is 2.62. The third kappa shape index (κ3) is 3.39. The number of nitrogens with two attached hydrogens (primary N) is 1. The van der Waals surface area contributed by atoms with Crippen LogP contribution in [-0.2, 0) is 6.54 Å². The lowest BCUT2D eigenvalue weighted by Gasteiger charge is -2.08. The summed E-state index contributed by atoms with van der Waals surface area (Å²) in [5.74, 6) is -0.338. The molecule has 0 unspecified atom stereocenters. The zero-order valence-electron chi connectivity index (χ0n) is 10.1. The molecule has 0 aliphatic heterocycles. The standard InChI is InChI=1S/C14H13ClN2O2/c15-10-3-1-2-9(6-10)8-17-14(19)12-7-11(18)4-5-13(12)16/h1-7,18H,8,16H2,(H,17,19). The number of phenols is 1. The van der Waals surface area contributed by atoms with Crippen molar-refractivity contribution in [2.24, 2.45) is 0 Å². The molecule has 0 aliphatic carbocycles. The lowest BCUT2D eigenvalue weighted by Crippen LogP contribution is -2.23. The van der Waals surface area contributed by atoms with E-state index in [2.05, 4.69) is 5.32 Å². The first-order chi connectivity index (χ1) is 9.06.